The number of benzene rings is 1. The van der Waals surface area contributed by atoms with Gasteiger partial charge < -0.3 is 15.0 Å². The number of aryl methyl sites for hydroxylation is 1. The van der Waals surface area contributed by atoms with Crippen molar-refractivity contribution < 1.29 is 4.74 Å². The van der Waals surface area contributed by atoms with Gasteiger partial charge in [0.15, 0.2) is 0 Å². The molecular formula is C18H27N5O. The predicted octanol–water partition coefficient (Wildman–Crippen LogP) is 2.32. The Labute approximate surface area is 143 Å². The highest BCUT2D eigenvalue weighted by atomic mass is 16.5. The molecule has 1 aromatic heterocycles. The molecule has 0 unspecified atom stereocenters. The average molecular weight is 329 g/mol. The number of rotatable bonds is 7. The lowest BCUT2D eigenvalue weighted by atomic mass is 10.0. The highest BCUT2D eigenvalue weighted by Gasteiger charge is 2.23. The van der Waals surface area contributed by atoms with E-state index in [1.807, 2.05) is 16.8 Å². The Balaban J connectivity index is 1.53. The maximum Gasteiger partial charge on any atom is 0.142 e. The van der Waals surface area contributed by atoms with Gasteiger partial charge in [-0.25, -0.2) is 4.98 Å². The first-order valence-corrected chi connectivity index (χ1v) is 8.72. The number of para-hydroxylation sites is 2. The molecule has 0 aliphatic carbocycles. The molecule has 1 aromatic carbocycles. The van der Waals surface area contributed by atoms with Crippen molar-refractivity contribution in [1.82, 2.24) is 20.1 Å². The van der Waals surface area contributed by atoms with Crippen LogP contribution in [0.2, 0.25) is 0 Å². The van der Waals surface area contributed by atoms with E-state index in [4.69, 9.17) is 4.74 Å². The molecule has 130 valence electrons. The second-order valence-electron chi connectivity index (χ2n) is 6.47. The molecular weight excluding hydrogens is 302 g/mol. The fourth-order valence-corrected chi connectivity index (χ4v) is 3.38. The lowest BCUT2D eigenvalue weighted by molar-refractivity contribution is 0.357. The molecule has 0 radical (unpaired) electrons. The Morgan fingerprint density at radius 3 is 3.04 bits per heavy atom. The Bertz CT molecular complexity index is 616. The van der Waals surface area contributed by atoms with Gasteiger partial charge in [-0.1, -0.05) is 12.1 Å². The quantitative estimate of drug-likeness (QED) is 0.845. The van der Waals surface area contributed by atoms with E-state index >= 15 is 0 Å². The molecule has 0 bridgehead atoms. The van der Waals surface area contributed by atoms with E-state index < -0.39 is 0 Å². The first-order valence-electron chi connectivity index (χ1n) is 8.72. The van der Waals surface area contributed by atoms with Gasteiger partial charge in [0, 0.05) is 31.7 Å². The summed E-state index contributed by atoms with van der Waals surface area (Å²) in [7, 11) is 1.74. The number of ether oxygens (including phenoxy) is 1. The molecule has 6 nitrogen and oxygen atoms in total. The molecule has 0 saturated carbocycles. The van der Waals surface area contributed by atoms with Gasteiger partial charge in [-0.3, -0.25) is 4.68 Å². The molecule has 24 heavy (non-hydrogen) atoms. The van der Waals surface area contributed by atoms with Crippen molar-refractivity contribution in [2.75, 3.05) is 25.1 Å². The van der Waals surface area contributed by atoms with Crippen molar-refractivity contribution >= 4 is 5.69 Å². The summed E-state index contributed by atoms with van der Waals surface area (Å²) >= 11 is 0. The largest absolute Gasteiger partial charge is 0.495 e. The Morgan fingerprint density at radius 2 is 2.25 bits per heavy atom. The third-order valence-electron chi connectivity index (χ3n) is 4.63. The standard InChI is InChI=1S/C18H27N5O/c1-15(9-11-23-14-19-13-20-23)21-16-6-5-10-22(12-16)17-7-3-4-8-18(17)24-2/h3-4,7-8,13-16,21H,5-6,9-12H2,1-2H3/t15-,16+/m1/s1. The predicted molar refractivity (Wildman–Crippen MR) is 95.5 cm³/mol. The molecule has 2 heterocycles. The summed E-state index contributed by atoms with van der Waals surface area (Å²) < 4.78 is 7.41. The van der Waals surface area contributed by atoms with Gasteiger partial charge in [-0.2, -0.15) is 5.10 Å². The van der Waals surface area contributed by atoms with E-state index in [0.29, 0.717) is 12.1 Å². The third kappa shape index (κ3) is 4.26. The van der Waals surface area contributed by atoms with Crippen molar-refractivity contribution in [3.63, 3.8) is 0 Å². The molecule has 3 rings (SSSR count). The highest BCUT2D eigenvalue weighted by molar-refractivity contribution is 5.58. The summed E-state index contributed by atoms with van der Waals surface area (Å²) in [5.41, 5.74) is 1.20. The summed E-state index contributed by atoms with van der Waals surface area (Å²) in [6.45, 7) is 5.26. The second-order valence-corrected chi connectivity index (χ2v) is 6.47. The van der Waals surface area contributed by atoms with Crippen molar-refractivity contribution in [3.8, 4) is 5.75 Å². The zero-order valence-corrected chi connectivity index (χ0v) is 14.6. The highest BCUT2D eigenvalue weighted by Crippen LogP contribution is 2.29. The number of piperidine rings is 1. The number of methoxy groups -OCH3 is 1. The Hall–Kier alpha value is -2.08. The molecule has 1 N–H and O–H groups in total. The van der Waals surface area contributed by atoms with E-state index in [0.717, 1.165) is 31.8 Å². The molecule has 1 fully saturated rings. The van der Waals surface area contributed by atoms with Crippen LogP contribution in [0.5, 0.6) is 5.75 Å². The first kappa shape index (κ1) is 16.8. The smallest absolute Gasteiger partial charge is 0.142 e. The van der Waals surface area contributed by atoms with Crippen LogP contribution in [0.25, 0.3) is 0 Å². The van der Waals surface area contributed by atoms with Crippen LogP contribution < -0.4 is 15.0 Å². The average Bonchev–Trinajstić information content (AvgIpc) is 3.14. The normalized spacial score (nSPS) is 19.2. The fraction of sp³-hybridized carbons (Fsp3) is 0.556. The minimum atomic E-state index is 0.455. The van der Waals surface area contributed by atoms with Crippen LogP contribution in [-0.4, -0.2) is 47.0 Å². The molecule has 1 aliphatic heterocycles. The van der Waals surface area contributed by atoms with Gasteiger partial charge in [-0.15, -0.1) is 0 Å². The molecule has 0 spiro atoms. The van der Waals surface area contributed by atoms with Gasteiger partial charge >= 0.3 is 0 Å². The van der Waals surface area contributed by atoms with E-state index in [1.165, 1.54) is 18.5 Å². The first-order chi connectivity index (χ1) is 11.8. The summed E-state index contributed by atoms with van der Waals surface area (Å²) in [4.78, 5) is 6.42. The zero-order valence-electron chi connectivity index (χ0n) is 14.6. The summed E-state index contributed by atoms with van der Waals surface area (Å²) in [6, 6.07) is 9.25. The molecule has 2 atom stereocenters. The van der Waals surface area contributed by atoms with E-state index in [1.54, 1.807) is 19.8 Å². The van der Waals surface area contributed by atoms with Gasteiger partial charge in [0.25, 0.3) is 0 Å². The molecule has 0 amide bonds. The number of hydrogen-bond acceptors (Lipinski definition) is 5. The van der Waals surface area contributed by atoms with Crippen molar-refractivity contribution in [3.05, 3.63) is 36.9 Å². The van der Waals surface area contributed by atoms with Crippen LogP contribution in [0.15, 0.2) is 36.9 Å². The lowest BCUT2D eigenvalue weighted by Crippen LogP contribution is -2.48. The Kier molecular flexibility index (Phi) is 5.69. The third-order valence-corrected chi connectivity index (χ3v) is 4.63. The molecule has 1 saturated heterocycles. The van der Waals surface area contributed by atoms with E-state index in [9.17, 15) is 0 Å². The monoisotopic (exact) mass is 329 g/mol. The van der Waals surface area contributed by atoms with Crippen LogP contribution in [0, 0.1) is 0 Å². The summed E-state index contributed by atoms with van der Waals surface area (Å²) in [5, 5.41) is 7.94. The lowest BCUT2D eigenvalue weighted by Gasteiger charge is -2.36. The molecule has 1 aliphatic rings. The number of anilines is 1. The topological polar surface area (TPSA) is 55.2 Å². The van der Waals surface area contributed by atoms with Gasteiger partial charge in [-0.05, 0) is 38.3 Å². The maximum absolute atomic E-state index is 5.52. The minimum absolute atomic E-state index is 0.455. The van der Waals surface area contributed by atoms with Crippen molar-refractivity contribution in [2.45, 2.75) is 44.8 Å². The zero-order chi connectivity index (χ0) is 16.8. The number of nitrogens with zero attached hydrogens (tertiary/aromatic N) is 4. The second kappa shape index (κ2) is 8.15. The molecule has 2 aromatic rings. The summed E-state index contributed by atoms with van der Waals surface area (Å²) in [5.74, 6) is 0.956. The SMILES string of the molecule is COc1ccccc1N1CCC[C@H](N[C@H](C)CCn2cncn2)C1. The van der Waals surface area contributed by atoms with Gasteiger partial charge in [0.05, 0.1) is 12.8 Å². The van der Waals surface area contributed by atoms with Crippen LogP contribution in [0.1, 0.15) is 26.2 Å². The summed E-state index contributed by atoms with van der Waals surface area (Å²) in [6.07, 6.45) is 6.83. The molecule has 6 heteroatoms. The van der Waals surface area contributed by atoms with Crippen LogP contribution in [0.3, 0.4) is 0 Å². The van der Waals surface area contributed by atoms with E-state index in [2.05, 4.69) is 39.4 Å². The van der Waals surface area contributed by atoms with Crippen LogP contribution >= 0.6 is 0 Å². The van der Waals surface area contributed by atoms with Crippen molar-refractivity contribution in [1.29, 1.82) is 0 Å². The number of hydrogen-bond donors (Lipinski definition) is 1. The fourth-order valence-electron chi connectivity index (χ4n) is 3.38. The maximum atomic E-state index is 5.52. The van der Waals surface area contributed by atoms with Crippen LogP contribution in [0.4, 0.5) is 5.69 Å². The Morgan fingerprint density at radius 1 is 1.38 bits per heavy atom. The van der Waals surface area contributed by atoms with Crippen LogP contribution in [-0.2, 0) is 6.54 Å². The minimum Gasteiger partial charge on any atom is -0.495 e. The van der Waals surface area contributed by atoms with Gasteiger partial charge in [0.1, 0.15) is 18.4 Å². The number of nitrogens with one attached hydrogen (secondary N) is 1. The van der Waals surface area contributed by atoms with E-state index in [-0.39, 0.29) is 0 Å². The van der Waals surface area contributed by atoms with Crippen molar-refractivity contribution in [2.24, 2.45) is 0 Å². The van der Waals surface area contributed by atoms with Gasteiger partial charge in [0.2, 0.25) is 0 Å². The number of aromatic nitrogens is 3.